The molecule has 5 aromatic rings. The molecule has 0 aliphatic heterocycles. The number of nitrogens with zero attached hydrogens (tertiary/aromatic N) is 4. The summed E-state index contributed by atoms with van der Waals surface area (Å²) in [4.78, 5) is 0. The zero-order chi connectivity index (χ0) is 25.4. The maximum absolute atomic E-state index is 13.0. The van der Waals surface area contributed by atoms with Gasteiger partial charge in [-0.15, -0.1) is 15.3 Å². The minimum Gasteiger partial charge on any atom is -0.471 e. The van der Waals surface area contributed by atoms with E-state index in [1.165, 1.54) is 12.1 Å². The van der Waals surface area contributed by atoms with Crippen LogP contribution >= 0.6 is 23.2 Å². The molecular weight excluding hydrogens is 512 g/mol. The summed E-state index contributed by atoms with van der Waals surface area (Å²) in [6, 6.07) is 19.3. The minimum absolute atomic E-state index is 0.00152. The van der Waals surface area contributed by atoms with Crippen LogP contribution in [0.3, 0.4) is 0 Å². The van der Waals surface area contributed by atoms with Crippen molar-refractivity contribution >= 4 is 28.8 Å². The lowest BCUT2D eigenvalue weighted by Gasteiger charge is -2.17. The van der Waals surface area contributed by atoms with E-state index in [4.69, 9.17) is 27.9 Å². The molecule has 0 radical (unpaired) electrons. The van der Waals surface area contributed by atoms with Crippen LogP contribution in [0.25, 0.3) is 27.9 Å². The number of halogens is 5. The number of hydrogen-bond donors (Lipinski definition) is 0. The molecule has 0 spiro atoms. The van der Waals surface area contributed by atoms with Crippen molar-refractivity contribution in [3.05, 3.63) is 99.8 Å². The van der Waals surface area contributed by atoms with Crippen LogP contribution in [-0.4, -0.2) is 19.8 Å². The number of aryl methyl sites for hydroxylation is 1. The van der Waals surface area contributed by atoms with Crippen molar-refractivity contribution in [1.29, 1.82) is 0 Å². The van der Waals surface area contributed by atoms with Gasteiger partial charge in [0.05, 0.1) is 11.1 Å². The highest BCUT2D eigenvalue weighted by molar-refractivity contribution is 6.31. The molecule has 5 nitrogen and oxygen atoms in total. The van der Waals surface area contributed by atoms with Crippen LogP contribution in [0.15, 0.2) is 72.8 Å². The van der Waals surface area contributed by atoms with Crippen molar-refractivity contribution < 1.29 is 17.9 Å². The monoisotopic (exact) mass is 528 g/mol. The summed E-state index contributed by atoms with van der Waals surface area (Å²) in [5.74, 6) is 0.805. The second-order valence-corrected chi connectivity index (χ2v) is 8.91. The number of ether oxygens (including phenoxy) is 1. The van der Waals surface area contributed by atoms with E-state index in [0.717, 1.165) is 23.3 Å². The number of fused-ring (bicyclic) bond motifs is 1. The molecule has 5 rings (SSSR count). The Bertz CT molecular complexity index is 1530. The highest BCUT2D eigenvalue weighted by atomic mass is 35.5. The van der Waals surface area contributed by atoms with Crippen LogP contribution in [0.4, 0.5) is 13.2 Å². The van der Waals surface area contributed by atoms with Crippen molar-refractivity contribution in [3.63, 3.8) is 0 Å². The van der Waals surface area contributed by atoms with E-state index in [1.54, 1.807) is 35.7 Å². The van der Waals surface area contributed by atoms with Crippen molar-refractivity contribution in [3.8, 4) is 28.1 Å². The molecule has 2 heterocycles. The molecule has 10 heteroatoms. The van der Waals surface area contributed by atoms with Crippen molar-refractivity contribution in [1.82, 2.24) is 19.8 Å². The van der Waals surface area contributed by atoms with Gasteiger partial charge in [-0.1, -0.05) is 59.6 Å². The molecule has 0 unspecified atom stereocenters. The van der Waals surface area contributed by atoms with E-state index in [1.807, 2.05) is 24.3 Å². The molecule has 0 saturated carbocycles. The van der Waals surface area contributed by atoms with E-state index >= 15 is 0 Å². The largest absolute Gasteiger partial charge is 0.471 e. The van der Waals surface area contributed by atoms with Crippen molar-refractivity contribution in [2.45, 2.75) is 19.7 Å². The van der Waals surface area contributed by atoms with Gasteiger partial charge in [-0.05, 0) is 60.0 Å². The third-order valence-corrected chi connectivity index (χ3v) is 6.10. The fourth-order valence-electron chi connectivity index (χ4n) is 3.81. The Balaban J connectivity index is 1.66. The molecule has 2 aromatic heterocycles. The Kier molecular flexibility index (Phi) is 6.32. The van der Waals surface area contributed by atoms with Gasteiger partial charge < -0.3 is 4.74 Å². The molecule has 0 atom stereocenters. The first-order valence-corrected chi connectivity index (χ1v) is 11.5. The standard InChI is InChI=1S/C26H17Cl2F3N4O/c1-15-32-33-24-22(17-4-10-20(27)11-5-17)23(18-6-12-21(28)13-7-18)25(34-35(15)24)36-14-16-2-8-19(9-3-16)26(29,30)31/h2-13H,14H2,1H3. The number of hydrogen-bond acceptors (Lipinski definition) is 4. The number of aromatic nitrogens is 4. The van der Waals surface area contributed by atoms with Crippen LogP contribution in [0.5, 0.6) is 5.88 Å². The average molecular weight is 529 g/mol. The zero-order valence-corrected chi connectivity index (χ0v) is 20.2. The second-order valence-electron chi connectivity index (χ2n) is 8.03. The molecule has 0 N–H and O–H groups in total. The maximum Gasteiger partial charge on any atom is 0.416 e. The Morgan fingerprint density at radius 1 is 0.778 bits per heavy atom. The van der Waals surface area contributed by atoms with Crippen LogP contribution in [-0.2, 0) is 12.8 Å². The third kappa shape index (κ3) is 4.74. The topological polar surface area (TPSA) is 52.3 Å². The summed E-state index contributed by atoms with van der Waals surface area (Å²) in [5, 5.41) is 14.3. The highest BCUT2D eigenvalue weighted by Crippen LogP contribution is 2.41. The Hall–Kier alpha value is -3.62. The summed E-state index contributed by atoms with van der Waals surface area (Å²) in [6.07, 6.45) is -4.41. The molecule has 3 aromatic carbocycles. The summed E-state index contributed by atoms with van der Waals surface area (Å²) in [7, 11) is 0. The third-order valence-electron chi connectivity index (χ3n) is 5.60. The first-order chi connectivity index (χ1) is 17.2. The molecule has 36 heavy (non-hydrogen) atoms. The van der Waals surface area contributed by atoms with Crippen molar-refractivity contribution in [2.24, 2.45) is 0 Å². The fraction of sp³-hybridized carbons (Fsp3) is 0.115. The van der Waals surface area contributed by atoms with Crippen LogP contribution in [0.1, 0.15) is 17.0 Å². The first kappa shape index (κ1) is 24.1. The van der Waals surface area contributed by atoms with Crippen molar-refractivity contribution in [2.75, 3.05) is 0 Å². The average Bonchev–Trinajstić information content (AvgIpc) is 3.23. The van der Waals surface area contributed by atoms with Gasteiger partial charge in [0.2, 0.25) is 5.88 Å². The van der Waals surface area contributed by atoms with Gasteiger partial charge in [0.15, 0.2) is 11.5 Å². The van der Waals surface area contributed by atoms with E-state index < -0.39 is 11.7 Å². The van der Waals surface area contributed by atoms with Gasteiger partial charge in [-0.2, -0.15) is 17.7 Å². The zero-order valence-electron chi connectivity index (χ0n) is 18.7. The highest BCUT2D eigenvalue weighted by Gasteiger charge is 2.30. The van der Waals surface area contributed by atoms with Gasteiger partial charge >= 0.3 is 6.18 Å². The first-order valence-electron chi connectivity index (χ1n) is 10.8. The number of benzene rings is 3. The number of alkyl halides is 3. The molecule has 0 aliphatic rings. The Morgan fingerprint density at radius 3 is 1.89 bits per heavy atom. The predicted octanol–water partition coefficient (Wildman–Crippen LogP) is 7.67. The molecular formula is C26H17Cl2F3N4O. The second kappa shape index (κ2) is 9.44. The van der Waals surface area contributed by atoms with Gasteiger partial charge in [0, 0.05) is 15.6 Å². The summed E-state index contributed by atoms with van der Waals surface area (Å²) in [5.41, 5.74) is 3.28. The molecule has 0 amide bonds. The molecule has 0 fully saturated rings. The predicted molar refractivity (Wildman–Crippen MR) is 132 cm³/mol. The summed E-state index contributed by atoms with van der Waals surface area (Å²) >= 11 is 12.3. The fourth-order valence-corrected chi connectivity index (χ4v) is 4.06. The van der Waals surface area contributed by atoms with Crippen LogP contribution in [0, 0.1) is 6.92 Å². The molecule has 0 bridgehead atoms. The molecule has 182 valence electrons. The molecule has 0 aliphatic carbocycles. The van der Waals surface area contributed by atoms with E-state index in [2.05, 4.69) is 15.3 Å². The van der Waals surface area contributed by atoms with Crippen LogP contribution < -0.4 is 4.74 Å². The van der Waals surface area contributed by atoms with Crippen LogP contribution in [0.2, 0.25) is 10.0 Å². The maximum atomic E-state index is 13.0. The van der Waals surface area contributed by atoms with Gasteiger partial charge in [0.1, 0.15) is 6.61 Å². The van der Waals surface area contributed by atoms with E-state index in [0.29, 0.717) is 38.2 Å². The Labute approximate surface area is 214 Å². The lowest BCUT2D eigenvalue weighted by Crippen LogP contribution is -2.07. The normalized spacial score (nSPS) is 11.7. The summed E-state index contributed by atoms with van der Waals surface area (Å²) < 4.78 is 46.6. The lowest BCUT2D eigenvalue weighted by atomic mass is 9.96. The van der Waals surface area contributed by atoms with E-state index in [-0.39, 0.29) is 12.5 Å². The summed E-state index contributed by atoms with van der Waals surface area (Å²) in [6.45, 7) is 1.76. The quantitative estimate of drug-likeness (QED) is 0.235. The number of rotatable bonds is 5. The van der Waals surface area contributed by atoms with E-state index in [9.17, 15) is 13.2 Å². The minimum atomic E-state index is -4.41. The van der Waals surface area contributed by atoms with Gasteiger partial charge in [0.25, 0.3) is 0 Å². The smallest absolute Gasteiger partial charge is 0.416 e. The van der Waals surface area contributed by atoms with Gasteiger partial charge in [-0.25, -0.2) is 0 Å². The molecule has 0 saturated heterocycles. The Morgan fingerprint density at radius 2 is 1.33 bits per heavy atom. The van der Waals surface area contributed by atoms with Gasteiger partial charge in [-0.3, -0.25) is 0 Å². The SMILES string of the molecule is Cc1nnc2c(-c3ccc(Cl)cc3)c(-c3ccc(Cl)cc3)c(OCc3ccc(C(F)(F)F)cc3)nn12. The lowest BCUT2D eigenvalue weighted by molar-refractivity contribution is -0.137.